The number of hydrogen-bond acceptors (Lipinski definition) is 2. The molecule has 4 heteroatoms. The molecule has 1 aliphatic rings. The Morgan fingerprint density at radius 3 is 2.61 bits per heavy atom. The Hall–Kier alpha value is -1.19. The lowest BCUT2D eigenvalue weighted by Crippen LogP contribution is -2.37. The van der Waals surface area contributed by atoms with Crippen LogP contribution in [0.1, 0.15) is 24.8 Å². The summed E-state index contributed by atoms with van der Waals surface area (Å²) in [6.45, 7) is 4.19. The Kier molecular flexibility index (Phi) is 4.88. The highest BCUT2D eigenvalue weighted by Crippen LogP contribution is 2.48. The predicted octanol–water partition coefficient (Wildman–Crippen LogP) is 4.83. The first-order valence-electron chi connectivity index (χ1n) is 7.60. The first kappa shape index (κ1) is 16.7. The Balaban J connectivity index is 2.12. The molecule has 0 radical (unpaired) electrons. The van der Waals surface area contributed by atoms with Gasteiger partial charge in [0.2, 0.25) is 5.91 Å². The number of nitrogens with zero attached hydrogens (tertiary/aromatic N) is 1. The third-order valence-corrected chi connectivity index (χ3v) is 6.84. The van der Waals surface area contributed by atoms with Gasteiger partial charge in [-0.1, -0.05) is 62.2 Å². The summed E-state index contributed by atoms with van der Waals surface area (Å²) in [6.07, 6.45) is 5.63. The number of benzene rings is 2. The molecule has 1 heterocycles. The van der Waals surface area contributed by atoms with Crippen LogP contribution in [0.3, 0.4) is 0 Å². The Morgan fingerprint density at radius 2 is 1.91 bits per heavy atom. The van der Waals surface area contributed by atoms with Crippen molar-refractivity contribution in [1.29, 1.82) is 0 Å². The first-order valence-corrected chi connectivity index (χ1v) is 9.79. The Morgan fingerprint density at radius 1 is 1.22 bits per heavy atom. The van der Waals surface area contributed by atoms with Crippen LogP contribution in [0.4, 0.5) is 0 Å². The maximum atomic E-state index is 12.9. The summed E-state index contributed by atoms with van der Waals surface area (Å²) in [6, 6.07) is 14.6. The molecule has 2 aromatic rings. The maximum Gasteiger partial charge on any atom is 0.238 e. The van der Waals surface area contributed by atoms with E-state index in [-0.39, 0.29) is 26.5 Å². The van der Waals surface area contributed by atoms with Gasteiger partial charge in [-0.05, 0) is 44.8 Å². The summed E-state index contributed by atoms with van der Waals surface area (Å²) >= 11 is 3.90. The van der Waals surface area contributed by atoms with Crippen molar-refractivity contribution < 1.29 is 4.79 Å². The lowest BCUT2D eigenvalue weighted by Gasteiger charge is -2.27. The number of terminal acetylenes is 1. The zero-order valence-corrected chi connectivity index (χ0v) is 16.0. The summed E-state index contributed by atoms with van der Waals surface area (Å²) in [5.74, 6) is 3.16. The van der Waals surface area contributed by atoms with E-state index in [1.165, 1.54) is 16.3 Å². The largest absolute Gasteiger partial charge is 0.303 e. The summed E-state index contributed by atoms with van der Waals surface area (Å²) in [4.78, 5) is 14.7. The smallest absolute Gasteiger partial charge is 0.238 e. The van der Waals surface area contributed by atoms with Gasteiger partial charge in [0.15, 0.2) is 0 Å². The number of carbonyl (C=O) groups is 1. The van der Waals surface area contributed by atoms with E-state index in [0.717, 1.165) is 0 Å². The van der Waals surface area contributed by atoms with Gasteiger partial charge >= 0.3 is 0 Å². The van der Waals surface area contributed by atoms with E-state index in [0.29, 0.717) is 0 Å². The summed E-state index contributed by atoms with van der Waals surface area (Å²) in [7, 11) is 0. The van der Waals surface area contributed by atoms with Crippen molar-refractivity contribution in [2.45, 2.75) is 28.5 Å². The van der Waals surface area contributed by atoms with Gasteiger partial charge in [0.1, 0.15) is 9.42 Å². The molecular formula is C19H18INOS. The van der Waals surface area contributed by atoms with Crippen LogP contribution in [0, 0.1) is 18.3 Å². The molecule has 23 heavy (non-hydrogen) atoms. The second-order valence-electron chi connectivity index (χ2n) is 5.97. The average Bonchev–Trinajstić information content (AvgIpc) is 2.91. The Bertz CT molecular complexity index is 777. The van der Waals surface area contributed by atoms with Crippen molar-refractivity contribution in [1.82, 2.24) is 4.90 Å². The third-order valence-electron chi connectivity index (χ3n) is 4.10. The number of fused-ring (bicyclic) bond motifs is 1. The van der Waals surface area contributed by atoms with E-state index in [4.69, 9.17) is 6.42 Å². The van der Waals surface area contributed by atoms with Crippen LogP contribution in [0.15, 0.2) is 42.5 Å². The molecule has 2 aromatic carbocycles. The van der Waals surface area contributed by atoms with E-state index in [1.807, 2.05) is 17.0 Å². The standard InChI is InChI=1S/C19H18INOS/c1-4-16(20)21-18(22)17(12(2)3)23-19(21)15-11-7-9-13-8-5-6-10-14(13)15/h1,5-12,16-17,19H,2-3H3. The van der Waals surface area contributed by atoms with Crippen molar-refractivity contribution in [2.24, 2.45) is 5.92 Å². The van der Waals surface area contributed by atoms with E-state index in [1.54, 1.807) is 11.8 Å². The van der Waals surface area contributed by atoms with Crippen molar-refractivity contribution in [3.8, 4) is 12.3 Å². The summed E-state index contributed by atoms with van der Waals surface area (Å²) in [5, 5.41) is 2.32. The number of hydrogen-bond donors (Lipinski definition) is 0. The monoisotopic (exact) mass is 435 g/mol. The molecule has 2 nitrogen and oxygen atoms in total. The minimum absolute atomic E-state index is 0.0288. The van der Waals surface area contributed by atoms with Crippen LogP contribution in [-0.2, 0) is 4.79 Å². The molecule has 3 rings (SSSR count). The number of carbonyl (C=O) groups excluding carboxylic acids is 1. The number of thioether (sulfide) groups is 1. The van der Waals surface area contributed by atoms with E-state index in [9.17, 15) is 4.79 Å². The second kappa shape index (κ2) is 6.74. The highest BCUT2D eigenvalue weighted by atomic mass is 127. The molecule has 0 N–H and O–H groups in total. The van der Waals surface area contributed by atoms with Crippen LogP contribution < -0.4 is 0 Å². The van der Waals surface area contributed by atoms with Crippen molar-refractivity contribution in [2.75, 3.05) is 0 Å². The van der Waals surface area contributed by atoms with Gasteiger partial charge < -0.3 is 4.90 Å². The highest BCUT2D eigenvalue weighted by molar-refractivity contribution is 14.1. The molecule has 0 spiro atoms. The topological polar surface area (TPSA) is 20.3 Å². The number of halogens is 1. The molecule has 0 aliphatic carbocycles. The van der Waals surface area contributed by atoms with Crippen molar-refractivity contribution >= 4 is 51.0 Å². The van der Waals surface area contributed by atoms with Gasteiger partial charge in [0.05, 0.1) is 5.25 Å². The van der Waals surface area contributed by atoms with Gasteiger partial charge in [-0.15, -0.1) is 18.2 Å². The minimum atomic E-state index is -0.236. The van der Waals surface area contributed by atoms with Gasteiger partial charge in [-0.3, -0.25) is 4.79 Å². The number of alkyl halides is 1. The van der Waals surface area contributed by atoms with Crippen LogP contribution >= 0.6 is 34.4 Å². The van der Waals surface area contributed by atoms with Crippen molar-refractivity contribution in [3.05, 3.63) is 48.0 Å². The fourth-order valence-electron chi connectivity index (χ4n) is 2.97. The van der Waals surface area contributed by atoms with Crippen LogP contribution in [-0.4, -0.2) is 20.1 Å². The maximum absolute atomic E-state index is 12.9. The fourth-order valence-corrected chi connectivity index (χ4v) is 5.32. The lowest BCUT2D eigenvalue weighted by molar-refractivity contribution is -0.130. The van der Waals surface area contributed by atoms with Crippen LogP contribution in [0.5, 0.6) is 0 Å². The lowest BCUT2D eigenvalue weighted by atomic mass is 10.0. The molecule has 0 aromatic heterocycles. The van der Waals surface area contributed by atoms with E-state index < -0.39 is 0 Å². The normalized spacial score (nSPS) is 22.6. The molecule has 3 unspecified atom stereocenters. The quantitative estimate of drug-likeness (QED) is 0.298. The van der Waals surface area contributed by atoms with Gasteiger partial charge in [-0.25, -0.2) is 0 Å². The molecule has 0 bridgehead atoms. The third kappa shape index (κ3) is 2.97. The van der Waals surface area contributed by atoms with E-state index in [2.05, 4.69) is 72.7 Å². The second-order valence-corrected chi connectivity index (χ2v) is 8.38. The van der Waals surface area contributed by atoms with Gasteiger partial charge in [-0.2, -0.15) is 0 Å². The molecule has 118 valence electrons. The Labute approximate surface area is 155 Å². The first-order chi connectivity index (χ1) is 11.0. The predicted molar refractivity (Wildman–Crippen MR) is 106 cm³/mol. The van der Waals surface area contributed by atoms with E-state index >= 15 is 0 Å². The zero-order valence-electron chi connectivity index (χ0n) is 13.1. The van der Waals surface area contributed by atoms with Crippen LogP contribution in [0.2, 0.25) is 0 Å². The molecule has 1 saturated heterocycles. The minimum Gasteiger partial charge on any atom is -0.303 e. The van der Waals surface area contributed by atoms with Crippen molar-refractivity contribution in [3.63, 3.8) is 0 Å². The molecule has 0 saturated carbocycles. The molecule has 1 fully saturated rings. The van der Waals surface area contributed by atoms with Gasteiger partial charge in [0.25, 0.3) is 0 Å². The van der Waals surface area contributed by atoms with Crippen LogP contribution in [0.25, 0.3) is 10.8 Å². The number of amides is 1. The molecule has 1 amide bonds. The summed E-state index contributed by atoms with van der Waals surface area (Å²) in [5.41, 5.74) is 1.17. The molecule has 1 aliphatic heterocycles. The SMILES string of the molecule is C#CC(I)N1C(=O)C(C(C)C)SC1c1cccc2ccccc12. The summed E-state index contributed by atoms with van der Waals surface area (Å²) < 4.78 is -0.236. The zero-order chi connectivity index (χ0) is 16.6. The molecule has 3 atom stereocenters. The molecular weight excluding hydrogens is 417 g/mol. The van der Waals surface area contributed by atoms with Gasteiger partial charge in [0, 0.05) is 0 Å². The number of rotatable bonds is 3. The highest BCUT2D eigenvalue weighted by Gasteiger charge is 2.45. The average molecular weight is 435 g/mol. The fraction of sp³-hybridized carbons (Fsp3) is 0.316.